The third-order valence-electron chi connectivity index (χ3n) is 3.83. The Morgan fingerprint density at radius 3 is 2.38 bits per heavy atom. The van der Waals surface area contributed by atoms with Gasteiger partial charge in [-0.15, -0.1) is 0 Å². The highest BCUT2D eigenvalue weighted by atomic mass is 28.3. The molecule has 2 aliphatic rings. The van der Waals surface area contributed by atoms with Crippen LogP contribution in [0, 0.1) is 0 Å². The second kappa shape index (κ2) is 3.83. The SMILES string of the molecule is CCCC[Si]1(C2C=CC=C2)CCC1. The summed E-state index contributed by atoms with van der Waals surface area (Å²) in [5.41, 5.74) is 0.910. The van der Waals surface area contributed by atoms with Crippen molar-refractivity contribution in [1.29, 1.82) is 0 Å². The number of allylic oxidation sites excluding steroid dienone is 4. The van der Waals surface area contributed by atoms with E-state index in [1.807, 2.05) is 0 Å². The van der Waals surface area contributed by atoms with Crippen molar-refractivity contribution in [3.8, 4) is 0 Å². The van der Waals surface area contributed by atoms with E-state index in [1.54, 1.807) is 18.1 Å². The first kappa shape index (κ1) is 9.26. The third-order valence-corrected chi connectivity index (χ3v) is 9.68. The number of unbranched alkanes of at least 4 members (excludes halogenated alkanes) is 1. The van der Waals surface area contributed by atoms with Gasteiger partial charge in [0.15, 0.2) is 0 Å². The van der Waals surface area contributed by atoms with Crippen LogP contribution in [-0.2, 0) is 0 Å². The lowest BCUT2D eigenvalue weighted by Gasteiger charge is -2.43. The van der Waals surface area contributed by atoms with Crippen LogP contribution in [0.5, 0.6) is 0 Å². The fourth-order valence-corrected chi connectivity index (χ4v) is 7.61. The van der Waals surface area contributed by atoms with Gasteiger partial charge in [0.1, 0.15) is 0 Å². The van der Waals surface area contributed by atoms with Crippen molar-refractivity contribution in [2.75, 3.05) is 0 Å². The molecule has 2 rings (SSSR count). The van der Waals surface area contributed by atoms with E-state index in [-0.39, 0.29) is 0 Å². The van der Waals surface area contributed by atoms with Crippen LogP contribution in [0.4, 0.5) is 0 Å². The molecule has 1 heteroatoms. The molecule has 0 N–H and O–H groups in total. The van der Waals surface area contributed by atoms with E-state index in [2.05, 4.69) is 31.2 Å². The van der Waals surface area contributed by atoms with Gasteiger partial charge in [-0.25, -0.2) is 0 Å². The van der Waals surface area contributed by atoms with Crippen molar-refractivity contribution in [3.05, 3.63) is 24.3 Å². The fraction of sp³-hybridized carbons (Fsp3) is 0.667. The topological polar surface area (TPSA) is 0 Å². The zero-order valence-corrected chi connectivity index (χ0v) is 9.63. The van der Waals surface area contributed by atoms with Crippen LogP contribution in [0.25, 0.3) is 0 Å². The molecule has 13 heavy (non-hydrogen) atoms. The second-order valence-corrected chi connectivity index (χ2v) is 9.51. The quantitative estimate of drug-likeness (QED) is 0.587. The summed E-state index contributed by atoms with van der Waals surface area (Å²) in [6, 6.07) is 4.79. The molecule has 0 atom stereocenters. The molecule has 0 bridgehead atoms. The highest BCUT2D eigenvalue weighted by molar-refractivity contribution is 6.84. The van der Waals surface area contributed by atoms with Crippen LogP contribution < -0.4 is 0 Å². The predicted octanol–water partition coefficient (Wildman–Crippen LogP) is 4.14. The standard InChI is InChI=1S/C12H20Si/c1-2-3-9-13(10-6-11-13)12-7-4-5-8-12/h4-5,7-8,12H,2-3,6,9-11H2,1H3. The minimum atomic E-state index is -0.804. The normalized spacial score (nSPS) is 25.0. The van der Waals surface area contributed by atoms with E-state index in [4.69, 9.17) is 0 Å². The molecule has 0 radical (unpaired) electrons. The van der Waals surface area contributed by atoms with Crippen molar-refractivity contribution < 1.29 is 0 Å². The molecule has 0 amide bonds. The number of hydrogen-bond donors (Lipinski definition) is 0. The molecule has 0 aromatic rings. The first-order valence-corrected chi connectivity index (χ1v) is 8.42. The van der Waals surface area contributed by atoms with Gasteiger partial charge in [-0.2, -0.15) is 0 Å². The summed E-state index contributed by atoms with van der Waals surface area (Å²) in [6.45, 7) is 2.32. The Hall–Kier alpha value is -0.303. The summed E-state index contributed by atoms with van der Waals surface area (Å²) >= 11 is 0. The summed E-state index contributed by atoms with van der Waals surface area (Å²) < 4.78 is 0. The third kappa shape index (κ3) is 1.67. The summed E-state index contributed by atoms with van der Waals surface area (Å²) in [6.07, 6.45) is 13.8. The largest absolute Gasteiger partial charge is 0.0803 e. The Kier molecular flexibility index (Phi) is 2.73. The molecular weight excluding hydrogens is 172 g/mol. The van der Waals surface area contributed by atoms with E-state index in [1.165, 1.54) is 19.3 Å². The van der Waals surface area contributed by atoms with Gasteiger partial charge in [0, 0.05) is 0 Å². The van der Waals surface area contributed by atoms with Crippen molar-refractivity contribution in [2.24, 2.45) is 0 Å². The van der Waals surface area contributed by atoms with Crippen LogP contribution in [0.3, 0.4) is 0 Å². The molecule has 0 spiro atoms. The number of hydrogen-bond acceptors (Lipinski definition) is 0. The summed E-state index contributed by atoms with van der Waals surface area (Å²) in [4.78, 5) is 0. The Balaban J connectivity index is 1.97. The van der Waals surface area contributed by atoms with Crippen LogP contribution in [0.2, 0.25) is 23.7 Å². The molecule has 0 unspecified atom stereocenters. The zero-order valence-electron chi connectivity index (χ0n) is 8.63. The number of rotatable bonds is 4. The van der Waals surface area contributed by atoms with Gasteiger partial charge in [-0.3, -0.25) is 0 Å². The second-order valence-electron chi connectivity index (χ2n) is 4.62. The Labute approximate surface area is 82.7 Å². The van der Waals surface area contributed by atoms with Crippen molar-refractivity contribution >= 4 is 8.07 Å². The van der Waals surface area contributed by atoms with Gasteiger partial charge >= 0.3 is 0 Å². The van der Waals surface area contributed by atoms with Gasteiger partial charge in [0.2, 0.25) is 0 Å². The van der Waals surface area contributed by atoms with Crippen molar-refractivity contribution in [1.82, 2.24) is 0 Å². The highest BCUT2D eigenvalue weighted by Gasteiger charge is 2.43. The predicted molar refractivity (Wildman–Crippen MR) is 61.7 cm³/mol. The van der Waals surface area contributed by atoms with Crippen LogP contribution in [0.1, 0.15) is 26.2 Å². The first-order chi connectivity index (χ1) is 6.37. The summed E-state index contributed by atoms with van der Waals surface area (Å²) in [5.74, 6) is 0. The van der Waals surface area contributed by atoms with E-state index >= 15 is 0 Å². The van der Waals surface area contributed by atoms with Crippen LogP contribution >= 0.6 is 0 Å². The minimum Gasteiger partial charge on any atom is -0.0803 e. The molecule has 0 aromatic carbocycles. The molecule has 1 fully saturated rings. The highest BCUT2D eigenvalue weighted by Crippen LogP contribution is 2.47. The van der Waals surface area contributed by atoms with E-state index < -0.39 is 8.07 Å². The molecule has 1 aliphatic carbocycles. The van der Waals surface area contributed by atoms with Gasteiger partial charge in [-0.1, -0.05) is 68.6 Å². The van der Waals surface area contributed by atoms with Gasteiger partial charge < -0.3 is 0 Å². The average molecular weight is 192 g/mol. The molecule has 1 aliphatic heterocycles. The van der Waals surface area contributed by atoms with E-state index in [9.17, 15) is 0 Å². The van der Waals surface area contributed by atoms with Gasteiger partial charge in [-0.05, 0) is 5.54 Å². The molecule has 0 saturated carbocycles. The molecule has 1 heterocycles. The maximum atomic E-state index is 2.46. The molecule has 1 saturated heterocycles. The average Bonchev–Trinajstić information content (AvgIpc) is 2.56. The summed E-state index contributed by atoms with van der Waals surface area (Å²) in [5, 5.41) is 0. The van der Waals surface area contributed by atoms with Crippen molar-refractivity contribution in [3.63, 3.8) is 0 Å². The maximum Gasteiger partial charge on any atom is 0.0649 e. The lowest BCUT2D eigenvalue weighted by molar-refractivity contribution is 0.786. The summed E-state index contributed by atoms with van der Waals surface area (Å²) in [7, 11) is -0.804. The van der Waals surface area contributed by atoms with Crippen molar-refractivity contribution in [2.45, 2.75) is 49.9 Å². The van der Waals surface area contributed by atoms with Gasteiger partial charge in [0.05, 0.1) is 8.07 Å². The Morgan fingerprint density at radius 2 is 1.92 bits per heavy atom. The maximum absolute atomic E-state index is 2.46. The smallest absolute Gasteiger partial charge is 0.0649 e. The molecular formula is C12H20Si. The zero-order chi connectivity index (χ0) is 9.15. The molecule has 0 aromatic heterocycles. The minimum absolute atomic E-state index is 0.804. The first-order valence-electron chi connectivity index (χ1n) is 5.72. The van der Waals surface area contributed by atoms with E-state index in [0.29, 0.717) is 0 Å². The molecule has 0 nitrogen and oxygen atoms in total. The van der Waals surface area contributed by atoms with Crippen LogP contribution in [0.15, 0.2) is 24.3 Å². The Bertz CT molecular complexity index is 211. The molecule has 72 valence electrons. The lowest BCUT2D eigenvalue weighted by atomic mass is 10.4. The van der Waals surface area contributed by atoms with Crippen LogP contribution in [-0.4, -0.2) is 8.07 Å². The fourth-order valence-electron chi connectivity index (χ4n) is 2.75. The monoisotopic (exact) mass is 192 g/mol. The Morgan fingerprint density at radius 1 is 1.23 bits per heavy atom. The van der Waals surface area contributed by atoms with E-state index in [0.717, 1.165) is 5.54 Å². The lowest BCUT2D eigenvalue weighted by Crippen LogP contribution is -2.44. The van der Waals surface area contributed by atoms with Gasteiger partial charge in [0.25, 0.3) is 0 Å².